The van der Waals surface area contributed by atoms with Gasteiger partial charge >= 0.3 is 0 Å². The number of rotatable bonds is 3. The monoisotopic (exact) mass is 286 g/mol. The van der Waals surface area contributed by atoms with Crippen LogP contribution in [-0.4, -0.2) is 35.5 Å². The first-order chi connectivity index (χ1) is 9.84. The van der Waals surface area contributed by atoms with Gasteiger partial charge in [-0.1, -0.05) is 60.7 Å². The number of nitrogens with zero attached hydrogens (tertiary/aromatic N) is 2. The molecule has 1 heterocycles. The van der Waals surface area contributed by atoms with E-state index in [0.29, 0.717) is 6.04 Å². The van der Waals surface area contributed by atoms with Crippen LogP contribution in [0, 0.1) is 0 Å². The van der Waals surface area contributed by atoms with Crippen LogP contribution in [0.1, 0.15) is 17.2 Å². The van der Waals surface area contributed by atoms with E-state index in [1.807, 2.05) is 4.42 Å². The van der Waals surface area contributed by atoms with Crippen LogP contribution in [0.5, 0.6) is 0 Å². The molecular formula is C17H19ClN2. The van der Waals surface area contributed by atoms with Gasteiger partial charge in [0.1, 0.15) is 0 Å². The van der Waals surface area contributed by atoms with E-state index >= 15 is 0 Å². The maximum Gasteiger partial charge on any atom is 0.0602 e. The maximum atomic E-state index is 6.09. The van der Waals surface area contributed by atoms with Gasteiger partial charge in [0.05, 0.1) is 6.04 Å². The Labute approximate surface area is 125 Å². The number of piperazine rings is 1. The third kappa shape index (κ3) is 3.04. The first-order valence-electron chi connectivity index (χ1n) is 7.09. The molecule has 0 aromatic heterocycles. The van der Waals surface area contributed by atoms with Gasteiger partial charge in [0, 0.05) is 26.2 Å². The topological polar surface area (TPSA) is 6.48 Å². The zero-order chi connectivity index (χ0) is 13.8. The summed E-state index contributed by atoms with van der Waals surface area (Å²) in [7, 11) is 0. The van der Waals surface area contributed by atoms with Crippen molar-refractivity contribution in [3.63, 3.8) is 0 Å². The highest BCUT2D eigenvalue weighted by atomic mass is 35.5. The minimum Gasteiger partial charge on any atom is -0.290 e. The summed E-state index contributed by atoms with van der Waals surface area (Å²) in [4.78, 5) is 2.52. The van der Waals surface area contributed by atoms with Gasteiger partial charge in [0.15, 0.2) is 0 Å². The summed E-state index contributed by atoms with van der Waals surface area (Å²) in [5.74, 6) is 0. The molecule has 1 aliphatic heterocycles. The Kier molecular flexibility index (Phi) is 4.36. The molecule has 1 saturated heterocycles. The largest absolute Gasteiger partial charge is 0.290 e. The van der Waals surface area contributed by atoms with Crippen molar-refractivity contribution < 1.29 is 0 Å². The molecule has 3 rings (SSSR count). The second kappa shape index (κ2) is 6.40. The molecule has 0 radical (unpaired) electrons. The molecule has 20 heavy (non-hydrogen) atoms. The number of hydrogen-bond acceptors (Lipinski definition) is 2. The lowest BCUT2D eigenvalue weighted by atomic mass is 9.96. The molecule has 0 N–H and O–H groups in total. The normalized spacial score (nSPS) is 17.5. The Balaban J connectivity index is 1.92. The summed E-state index contributed by atoms with van der Waals surface area (Å²) < 4.78 is 1.88. The van der Waals surface area contributed by atoms with Gasteiger partial charge in [-0.05, 0) is 22.9 Å². The molecule has 3 heteroatoms. The Morgan fingerprint density at radius 3 is 1.60 bits per heavy atom. The Hall–Kier alpha value is -1.35. The average Bonchev–Trinajstić information content (AvgIpc) is 2.52. The van der Waals surface area contributed by atoms with Crippen LogP contribution in [0.4, 0.5) is 0 Å². The van der Waals surface area contributed by atoms with Crippen LogP contribution in [0.2, 0.25) is 0 Å². The first kappa shape index (κ1) is 13.6. The molecule has 0 aliphatic carbocycles. The summed E-state index contributed by atoms with van der Waals surface area (Å²) in [5, 5.41) is 0. The highest BCUT2D eigenvalue weighted by molar-refractivity contribution is 6.13. The molecule has 1 aliphatic rings. The summed E-state index contributed by atoms with van der Waals surface area (Å²) >= 11 is 6.09. The minimum absolute atomic E-state index is 0.322. The molecule has 1 fully saturated rings. The van der Waals surface area contributed by atoms with Crippen LogP contribution >= 0.6 is 11.8 Å². The third-order valence-electron chi connectivity index (χ3n) is 3.86. The average molecular weight is 287 g/mol. The van der Waals surface area contributed by atoms with E-state index in [2.05, 4.69) is 65.6 Å². The predicted octanol–water partition coefficient (Wildman–Crippen LogP) is 3.55. The minimum atomic E-state index is 0.322. The van der Waals surface area contributed by atoms with E-state index in [4.69, 9.17) is 11.8 Å². The zero-order valence-corrected chi connectivity index (χ0v) is 12.2. The van der Waals surface area contributed by atoms with Gasteiger partial charge in [-0.15, -0.1) is 0 Å². The van der Waals surface area contributed by atoms with Gasteiger partial charge in [0.25, 0.3) is 0 Å². The lowest BCUT2D eigenvalue weighted by Crippen LogP contribution is -2.44. The number of benzene rings is 2. The van der Waals surface area contributed by atoms with Crippen LogP contribution in [-0.2, 0) is 0 Å². The molecule has 104 valence electrons. The predicted molar refractivity (Wildman–Crippen MR) is 83.7 cm³/mol. The molecule has 0 spiro atoms. The van der Waals surface area contributed by atoms with E-state index in [1.54, 1.807) is 0 Å². The molecule has 0 amide bonds. The van der Waals surface area contributed by atoms with Crippen molar-refractivity contribution in [2.75, 3.05) is 26.2 Å². The van der Waals surface area contributed by atoms with Crippen molar-refractivity contribution in [3.8, 4) is 0 Å². The summed E-state index contributed by atoms with van der Waals surface area (Å²) in [5.41, 5.74) is 2.70. The Morgan fingerprint density at radius 2 is 1.15 bits per heavy atom. The zero-order valence-electron chi connectivity index (χ0n) is 11.5. The maximum absolute atomic E-state index is 6.09. The fraction of sp³-hybridized carbons (Fsp3) is 0.294. The van der Waals surface area contributed by atoms with E-state index in [1.165, 1.54) is 11.1 Å². The number of hydrogen-bond donors (Lipinski definition) is 0. The van der Waals surface area contributed by atoms with Crippen molar-refractivity contribution in [1.29, 1.82) is 0 Å². The Bertz CT molecular complexity index is 482. The lowest BCUT2D eigenvalue weighted by molar-refractivity contribution is 0.158. The van der Waals surface area contributed by atoms with Gasteiger partial charge in [0.2, 0.25) is 0 Å². The van der Waals surface area contributed by atoms with E-state index in [9.17, 15) is 0 Å². The van der Waals surface area contributed by atoms with Gasteiger partial charge in [-0.2, -0.15) is 0 Å². The van der Waals surface area contributed by atoms with Crippen LogP contribution < -0.4 is 0 Å². The molecule has 0 unspecified atom stereocenters. The van der Waals surface area contributed by atoms with Gasteiger partial charge < -0.3 is 0 Å². The fourth-order valence-corrected chi connectivity index (χ4v) is 2.99. The molecule has 0 atom stereocenters. The molecular weight excluding hydrogens is 268 g/mol. The quantitative estimate of drug-likeness (QED) is 0.796. The van der Waals surface area contributed by atoms with Gasteiger partial charge in [-0.25, -0.2) is 4.42 Å². The van der Waals surface area contributed by atoms with Crippen molar-refractivity contribution in [2.45, 2.75) is 6.04 Å². The van der Waals surface area contributed by atoms with Crippen molar-refractivity contribution in [1.82, 2.24) is 9.32 Å². The SMILES string of the molecule is ClN1CCN(C(c2ccccc2)c2ccccc2)CC1. The molecule has 2 nitrogen and oxygen atoms in total. The van der Waals surface area contributed by atoms with Crippen LogP contribution in [0.3, 0.4) is 0 Å². The Morgan fingerprint density at radius 1 is 0.700 bits per heavy atom. The first-order valence-corrected chi connectivity index (χ1v) is 7.43. The second-order valence-electron chi connectivity index (χ2n) is 5.17. The molecule has 0 saturated carbocycles. The van der Waals surface area contributed by atoms with E-state index in [-0.39, 0.29) is 0 Å². The highest BCUT2D eigenvalue weighted by Gasteiger charge is 2.25. The van der Waals surface area contributed by atoms with E-state index in [0.717, 1.165) is 26.2 Å². The third-order valence-corrected chi connectivity index (χ3v) is 4.19. The standard InChI is InChI=1S/C17H19ClN2/c18-20-13-11-19(12-14-20)17(15-7-3-1-4-8-15)16-9-5-2-6-10-16/h1-10,17H,11-14H2. The van der Waals surface area contributed by atoms with Crippen LogP contribution in [0.15, 0.2) is 60.7 Å². The smallest absolute Gasteiger partial charge is 0.0602 e. The fourth-order valence-electron chi connectivity index (χ4n) is 2.84. The van der Waals surface area contributed by atoms with Crippen LogP contribution in [0.25, 0.3) is 0 Å². The second-order valence-corrected chi connectivity index (χ2v) is 5.65. The lowest BCUT2D eigenvalue weighted by Gasteiger charge is -2.37. The molecule has 2 aromatic rings. The van der Waals surface area contributed by atoms with Crippen molar-refractivity contribution >= 4 is 11.8 Å². The van der Waals surface area contributed by atoms with Crippen molar-refractivity contribution in [2.24, 2.45) is 0 Å². The highest BCUT2D eigenvalue weighted by Crippen LogP contribution is 2.29. The van der Waals surface area contributed by atoms with E-state index < -0.39 is 0 Å². The summed E-state index contributed by atoms with van der Waals surface area (Å²) in [6.45, 7) is 3.82. The number of halogens is 1. The molecule has 2 aromatic carbocycles. The molecule has 0 bridgehead atoms. The summed E-state index contributed by atoms with van der Waals surface area (Å²) in [6, 6.07) is 21.8. The van der Waals surface area contributed by atoms with Gasteiger partial charge in [-0.3, -0.25) is 4.90 Å². The summed E-state index contributed by atoms with van der Waals surface area (Å²) in [6.07, 6.45) is 0. The van der Waals surface area contributed by atoms with Crippen molar-refractivity contribution in [3.05, 3.63) is 71.8 Å².